The fraction of sp³-hybridized carbons (Fsp3) is 0.125. The predicted molar refractivity (Wildman–Crippen MR) is 91.7 cm³/mol. The van der Waals surface area contributed by atoms with Crippen molar-refractivity contribution in [3.05, 3.63) is 59.4 Å². The summed E-state index contributed by atoms with van der Waals surface area (Å²) in [6.45, 7) is 0. The van der Waals surface area contributed by atoms with E-state index in [2.05, 4.69) is 4.99 Å². The van der Waals surface area contributed by atoms with Gasteiger partial charge in [-0.2, -0.15) is 21.6 Å². The molecule has 0 atom stereocenters. The summed E-state index contributed by atoms with van der Waals surface area (Å²) in [6.07, 6.45) is -4.99. The summed E-state index contributed by atoms with van der Waals surface area (Å²) in [6, 6.07) is 6.80. The van der Waals surface area contributed by atoms with E-state index in [1.165, 1.54) is 12.1 Å². The van der Waals surface area contributed by atoms with Gasteiger partial charge in [-0.25, -0.2) is 9.38 Å². The van der Waals surface area contributed by atoms with Crippen molar-refractivity contribution >= 4 is 38.5 Å². The largest absolute Gasteiger partial charge is 0.416 e. The number of amides is 1. The molecule has 0 saturated heterocycles. The van der Waals surface area contributed by atoms with Gasteiger partial charge in [-0.1, -0.05) is 12.1 Å². The lowest BCUT2D eigenvalue weighted by atomic mass is 10.1. The first kappa shape index (κ1) is 20.1. The maximum absolute atomic E-state index is 12.9. The second-order valence-corrected chi connectivity index (χ2v) is 7.76. The molecule has 0 aliphatic carbocycles. The first-order chi connectivity index (χ1) is 13.0. The molecule has 6 nitrogen and oxygen atoms in total. The van der Waals surface area contributed by atoms with E-state index in [0.717, 1.165) is 18.2 Å². The molecule has 3 rings (SSSR count). The van der Waals surface area contributed by atoms with E-state index >= 15 is 0 Å². The van der Waals surface area contributed by atoms with Gasteiger partial charge in [0.15, 0.2) is 0 Å². The highest BCUT2D eigenvalue weighted by atomic mass is 35.5. The van der Waals surface area contributed by atoms with Gasteiger partial charge in [0.05, 0.1) is 17.7 Å². The van der Waals surface area contributed by atoms with Crippen LogP contribution in [-0.2, 0) is 27.4 Å². The Kier molecular flexibility index (Phi) is 5.06. The molecule has 0 spiro atoms. The average Bonchev–Trinajstić information content (AvgIpc) is 2.59. The van der Waals surface area contributed by atoms with E-state index in [0.29, 0.717) is 17.7 Å². The van der Waals surface area contributed by atoms with Crippen LogP contribution in [0.2, 0.25) is 0 Å². The lowest BCUT2D eigenvalue weighted by Crippen LogP contribution is -2.49. The summed E-state index contributed by atoms with van der Waals surface area (Å²) in [5.74, 6) is -1.31. The fourth-order valence-electron chi connectivity index (χ4n) is 2.39. The second-order valence-electron chi connectivity index (χ2n) is 5.67. The number of halogens is 5. The summed E-state index contributed by atoms with van der Waals surface area (Å²) in [5.41, 5.74) is 0.845. The molecular formula is C16H10ClF4N3O3S. The SMILES string of the molecule is O=C(Cc1ccc(F)cc1)NN1C(Cl)=Nc2cc(C(F)(F)F)ccc2S1(=O)=O. The molecule has 28 heavy (non-hydrogen) atoms. The molecule has 2 aromatic carbocycles. The van der Waals surface area contributed by atoms with Crippen LogP contribution >= 0.6 is 11.6 Å². The Morgan fingerprint density at radius 2 is 1.79 bits per heavy atom. The van der Waals surface area contributed by atoms with Crippen molar-refractivity contribution < 1.29 is 30.8 Å². The monoisotopic (exact) mass is 435 g/mol. The van der Waals surface area contributed by atoms with E-state index in [1.54, 1.807) is 0 Å². The third-order valence-corrected chi connectivity index (χ3v) is 5.69. The van der Waals surface area contributed by atoms with E-state index < -0.39 is 49.4 Å². The standard InChI is InChI=1S/C16H10ClF4N3O3S/c17-15-22-12-8-10(16(19,20)21)3-6-13(12)28(26,27)24(15)23-14(25)7-9-1-4-11(18)5-2-9/h1-6,8H,7H2,(H,23,25). The summed E-state index contributed by atoms with van der Waals surface area (Å²) < 4.78 is 76.8. The highest BCUT2D eigenvalue weighted by Gasteiger charge is 2.38. The Bertz CT molecular complexity index is 1070. The van der Waals surface area contributed by atoms with Gasteiger partial charge in [-0.05, 0) is 47.5 Å². The number of benzene rings is 2. The maximum atomic E-state index is 12.9. The van der Waals surface area contributed by atoms with Crippen LogP contribution in [0.4, 0.5) is 23.2 Å². The van der Waals surface area contributed by atoms with Crippen molar-refractivity contribution in [2.45, 2.75) is 17.5 Å². The lowest BCUT2D eigenvalue weighted by molar-refractivity contribution is -0.137. The van der Waals surface area contributed by atoms with E-state index in [9.17, 15) is 30.8 Å². The minimum absolute atomic E-state index is 0.274. The summed E-state index contributed by atoms with van der Waals surface area (Å²) >= 11 is 5.78. The smallest absolute Gasteiger partial charge is 0.273 e. The Balaban J connectivity index is 1.87. The quantitative estimate of drug-likeness (QED) is 0.593. The van der Waals surface area contributed by atoms with Crippen LogP contribution in [-0.4, -0.2) is 24.0 Å². The zero-order chi connectivity index (χ0) is 20.7. The zero-order valence-corrected chi connectivity index (χ0v) is 15.2. The van der Waals surface area contributed by atoms with Crippen molar-refractivity contribution in [3.63, 3.8) is 0 Å². The van der Waals surface area contributed by atoms with Crippen molar-refractivity contribution in [1.82, 2.24) is 9.84 Å². The number of alkyl halides is 3. The molecule has 0 aromatic heterocycles. The van der Waals surface area contributed by atoms with Crippen LogP contribution < -0.4 is 5.43 Å². The molecule has 148 valence electrons. The van der Waals surface area contributed by atoms with Crippen LogP contribution in [0.5, 0.6) is 0 Å². The Morgan fingerprint density at radius 3 is 2.39 bits per heavy atom. The van der Waals surface area contributed by atoms with Gasteiger partial charge in [0, 0.05) is 0 Å². The molecule has 1 amide bonds. The number of amidine groups is 1. The van der Waals surface area contributed by atoms with Crippen molar-refractivity contribution in [2.75, 3.05) is 0 Å². The first-order valence-corrected chi connectivity index (χ1v) is 9.35. The molecular weight excluding hydrogens is 426 g/mol. The summed E-state index contributed by atoms with van der Waals surface area (Å²) in [4.78, 5) is 15.2. The summed E-state index contributed by atoms with van der Waals surface area (Å²) in [7, 11) is -4.48. The van der Waals surface area contributed by atoms with Gasteiger partial charge in [0.2, 0.25) is 11.2 Å². The number of rotatable bonds is 3. The van der Waals surface area contributed by atoms with Gasteiger partial charge < -0.3 is 0 Å². The van der Waals surface area contributed by atoms with Gasteiger partial charge in [-0.15, -0.1) is 4.41 Å². The van der Waals surface area contributed by atoms with Crippen LogP contribution in [0.25, 0.3) is 0 Å². The third-order valence-electron chi connectivity index (χ3n) is 3.69. The minimum Gasteiger partial charge on any atom is -0.273 e. The number of carbonyl (C=O) groups excluding carboxylic acids is 1. The van der Waals surface area contributed by atoms with Crippen molar-refractivity contribution in [1.29, 1.82) is 0 Å². The van der Waals surface area contributed by atoms with Crippen LogP contribution in [0.15, 0.2) is 52.4 Å². The molecule has 2 aromatic rings. The molecule has 0 bridgehead atoms. The number of nitrogens with zero attached hydrogens (tertiary/aromatic N) is 2. The van der Waals surface area contributed by atoms with Gasteiger partial charge in [-0.3, -0.25) is 10.2 Å². The molecule has 12 heteroatoms. The predicted octanol–water partition coefficient (Wildman–Crippen LogP) is 3.35. The molecule has 0 unspecified atom stereocenters. The molecule has 1 aliphatic rings. The highest BCUT2D eigenvalue weighted by molar-refractivity contribution is 7.90. The van der Waals surface area contributed by atoms with E-state index in [-0.39, 0.29) is 10.8 Å². The van der Waals surface area contributed by atoms with E-state index in [1.807, 2.05) is 5.43 Å². The van der Waals surface area contributed by atoms with Gasteiger partial charge >= 0.3 is 6.18 Å². The highest BCUT2D eigenvalue weighted by Crippen LogP contribution is 2.38. The normalized spacial score (nSPS) is 15.6. The number of hydrogen-bond donors (Lipinski definition) is 1. The second kappa shape index (κ2) is 7.06. The number of fused-ring (bicyclic) bond motifs is 1. The molecule has 1 aliphatic heterocycles. The lowest BCUT2D eigenvalue weighted by Gasteiger charge is -2.27. The molecule has 1 N–H and O–H groups in total. The molecule has 1 heterocycles. The van der Waals surface area contributed by atoms with Crippen molar-refractivity contribution in [2.24, 2.45) is 4.99 Å². The number of hydrogen-bond acceptors (Lipinski definition) is 4. The Morgan fingerprint density at radius 1 is 1.14 bits per heavy atom. The Labute approximate surface area is 161 Å². The zero-order valence-electron chi connectivity index (χ0n) is 13.7. The van der Waals surface area contributed by atoms with Gasteiger partial charge in [0.25, 0.3) is 10.0 Å². The number of carbonyl (C=O) groups is 1. The van der Waals surface area contributed by atoms with E-state index in [4.69, 9.17) is 11.6 Å². The number of sulfonamides is 1. The fourth-order valence-corrected chi connectivity index (χ4v) is 4.06. The van der Waals surface area contributed by atoms with Crippen molar-refractivity contribution in [3.8, 4) is 0 Å². The van der Waals surface area contributed by atoms with Gasteiger partial charge in [0.1, 0.15) is 10.7 Å². The topological polar surface area (TPSA) is 78.8 Å². The van der Waals surface area contributed by atoms with Crippen LogP contribution in [0, 0.1) is 5.82 Å². The summed E-state index contributed by atoms with van der Waals surface area (Å²) in [5, 5.41) is -0.751. The average molecular weight is 436 g/mol. The number of hydrazine groups is 1. The molecule has 0 fully saturated rings. The molecule has 0 radical (unpaired) electrons. The first-order valence-electron chi connectivity index (χ1n) is 7.53. The van der Waals surface area contributed by atoms with Crippen LogP contribution in [0.3, 0.4) is 0 Å². The van der Waals surface area contributed by atoms with Crippen LogP contribution in [0.1, 0.15) is 11.1 Å². The maximum Gasteiger partial charge on any atom is 0.416 e. The molecule has 0 saturated carbocycles. The number of aliphatic imine (C=N–C) groups is 1. The minimum atomic E-state index is -4.69. The third kappa shape index (κ3) is 3.94. The number of nitrogens with one attached hydrogen (secondary N) is 1. The Hall–Kier alpha value is -2.66.